The minimum absolute atomic E-state index is 0.0604. The lowest BCUT2D eigenvalue weighted by Gasteiger charge is -2.11. The minimum atomic E-state index is -0.537. The van der Waals surface area contributed by atoms with Crippen LogP contribution in [0.3, 0.4) is 0 Å². The Bertz CT molecular complexity index is 939. The van der Waals surface area contributed by atoms with Gasteiger partial charge in [-0.1, -0.05) is 29.7 Å². The zero-order chi connectivity index (χ0) is 19.6. The molecular weight excluding hydrogens is 364 g/mol. The summed E-state index contributed by atoms with van der Waals surface area (Å²) in [5, 5.41) is 12.5. The summed E-state index contributed by atoms with van der Waals surface area (Å²) < 4.78 is 11.0. The second-order valence-corrected chi connectivity index (χ2v) is 5.70. The van der Waals surface area contributed by atoms with Crippen molar-refractivity contribution >= 4 is 29.3 Å². The van der Waals surface area contributed by atoms with Crippen LogP contribution in [0, 0.1) is 23.7 Å². The molecule has 0 atom stereocenters. The molecule has 0 saturated heterocycles. The molecule has 0 aliphatic carbocycles. The van der Waals surface area contributed by atoms with Crippen molar-refractivity contribution in [3.63, 3.8) is 0 Å². The number of rotatable bonds is 7. The van der Waals surface area contributed by atoms with E-state index in [1.54, 1.807) is 42.5 Å². The zero-order valence-electron chi connectivity index (χ0n) is 14.7. The Morgan fingerprint density at radius 1 is 1.26 bits per heavy atom. The molecule has 0 aromatic heterocycles. The number of halogens is 1. The summed E-state index contributed by atoms with van der Waals surface area (Å²) >= 11 is 5.90. The molecule has 0 fully saturated rings. The Balaban J connectivity index is 2.25. The lowest BCUT2D eigenvalue weighted by Crippen LogP contribution is -2.13. The number of hydrogen-bond acceptors (Lipinski definition) is 4. The number of benzene rings is 2. The standard InChI is InChI=1S/C21H17ClN2O3/c1-3-10-27-19-9-8-15(12-20(19)26-4-2)11-16(14-23)21(25)24-18-7-5-6-17(22)13-18/h1,5-9,11-13H,4,10H2,2H3,(H,24,25)/b16-11+. The van der Waals surface area contributed by atoms with Gasteiger partial charge in [0.15, 0.2) is 11.5 Å². The van der Waals surface area contributed by atoms with Crippen LogP contribution in [0.1, 0.15) is 12.5 Å². The second kappa shape index (κ2) is 9.91. The highest BCUT2D eigenvalue weighted by molar-refractivity contribution is 6.31. The topological polar surface area (TPSA) is 71.3 Å². The van der Waals surface area contributed by atoms with Gasteiger partial charge in [-0.05, 0) is 48.9 Å². The number of anilines is 1. The fourth-order valence-corrected chi connectivity index (χ4v) is 2.39. The van der Waals surface area contributed by atoms with Crippen LogP contribution in [0.25, 0.3) is 6.08 Å². The average Bonchev–Trinajstić information content (AvgIpc) is 2.65. The van der Waals surface area contributed by atoms with E-state index in [4.69, 9.17) is 27.5 Å². The fourth-order valence-electron chi connectivity index (χ4n) is 2.20. The minimum Gasteiger partial charge on any atom is -0.490 e. The largest absolute Gasteiger partial charge is 0.490 e. The van der Waals surface area contributed by atoms with Crippen LogP contribution in [-0.2, 0) is 4.79 Å². The summed E-state index contributed by atoms with van der Waals surface area (Å²) in [7, 11) is 0. The van der Waals surface area contributed by atoms with E-state index in [2.05, 4.69) is 11.2 Å². The molecule has 0 saturated carbocycles. The van der Waals surface area contributed by atoms with Crippen molar-refractivity contribution in [2.75, 3.05) is 18.5 Å². The van der Waals surface area contributed by atoms with Gasteiger partial charge in [0, 0.05) is 10.7 Å². The molecule has 0 unspecified atom stereocenters. The van der Waals surface area contributed by atoms with Gasteiger partial charge >= 0.3 is 0 Å². The van der Waals surface area contributed by atoms with Crippen LogP contribution < -0.4 is 14.8 Å². The van der Waals surface area contributed by atoms with E-state index in [-0.39, 0.29) is 12.2 Å². The lowest BCUT2D eigenvalue weighted by molar-refractivity contribution is -0.112. The molecule has 5 nitrogen and oxygen atoms in total. The molecule has 6 heteroatoms. The van der Waals surface area contributed by atoms with Crippen LogP contribution >= 0.6 is 11.6 Å². The number of amides is 1. The summed E-state index contributed by atoms with van der Waals surface area (Å²) in [5.41, 5.74) is 1.06. The van der Waals surface area contributed by atoms with Crippen LogP contribution in [0.4, 0.5) is 5.69 Å². The Kier molecular flexibility index (Phi) is 7.31. The first-order chi connectivity index (χ1) is 13.1. The Hall–Kier alpha value is -3.41. The first-order valence-electron chi connectivity index (χ1n) is 8.09. The van der Waals surface area contributed by atoms with Crippen LogP contribution in [0.2, 0.25) is 5.02 Å². The van der Waals surface area contributed by atoms with E-state index >= 15 is 0 Å². The van der Waals surface area contributed by atoms with Gasteiger partial charge in [0.25, 0.3) is 5.91 Å². The van der Waals surface area contributed by atoms with Crippen molar-refractivity contribution in [1.29, 1.82) is 5.26 Å². The maximum absolute atomic E-state index is 12.4. The number of ether oxygens (including phenoxy) is 2. The predicted molar refractivity (Wildman–Crippen MR) is 106 cm³/mol. The highest BCUT2D eigenvalue weighted by atomic mass is 35.5. The number of hydrogen-bond donors (Lipinski definition) is 1. The maximum Gasteiger partial charge on any atom is 0.266 e. The number of nitrogens with one attached hydrogen (secondary N) is 1. The molecule has 0 aliphatic rings. The molecule has 0 heterocycles. The van der Waals surface area contributed by atoms with E-state index < -0.39 is 5.91 Å². The van der Waals surface area contributed by atoms with Crippen LogP contribution in [0.5, 0.6) is 11.5 Å². The van der Waals surface area contributed by atoms with Gasteiger partial charge in [-0.3, -0.25) is 4.79 Å². The zero-order valence-corrected chi connectivity index (χ0v) is 15.4. The van der Waals surface area contributed by atoms with Crippen molar-refractivity contribution in [3.05, 3.63) is 58.6 Å². The molecule has 0 spiro atoms. The SMILES string of the molecule is C#CCOc1ccc(/C=C(\C#N)C(=O)Nc2cccc(Cl)c2)cc1OCC. The van der Waals surface area contributed by atoms with Gasteiger partial charge in [-0.25, -0.2) is 0 Å². The predicted octanol–water partition coefficient (Wildman–Crippen LogP) is 4.30. The Morgan fingerprint density at radius 3 is 2.74 bits per heavy atom. The first kappa shape index (κ1) is 19.9. The van der Waals surface area contributed by atoms with Crippen molar-refractivity contribution in [3.8, 4) is 29.9 Å². The number of nitrogens with zero attached hydrogens (tertiary/aromatic N) is 1. The molecule has 0 radical (unpaired) electrons. The molecule has 2 rings (SSSR count). The molecule has 27 heavy (non-hydrogen) atoms. The van der Waals surface area contributed by atoms with E-state index in [9.17, 15) is 10.1 Å². The van der Waals surface area contributed by atoms with Gasteiger partial charge in [-0.2, -0.15) is 5.26 Å². The number of carbonyl (C=O) groups is 1. The third kappa shape index (κ3) is 5.81. The first-order valence-corrected chi connectivity index (χ1v) is 8.47. The summed E-state index contributed by atoms with van der Waals surface area (Å²) in [6, 6.07) is 13.6. The average molecular weight is 381 g/mol. The maximum atomic E-state index is 12.4. The lowest BCUT2D eigenvalue weighted by atomic mass is 10.1. The molecule has 136 valence electrons. The van der Waals surface area contributed by atoms with E-state index in [1.165, 1.54) is 6.08 Å². The van der Waals surface area contributed by atoms with Gasteiger partial charge in [0.2, 0.25) is 0 Å². The normalized spacial score (nSPS) is 10.4. The highest BCUT2D eigenvalue weighted by Gasteiger charge is 2.11. The smallest absolute Gasteiger partial charge is 0.266 e. The van der Waals surface area contributed by atoms with Gasteiger partial charge in [0.05, 0.1) is 6.61 Å². The molecular formula is C21H17ClN2O3. The van der Waals surface area contributed by atoms with Gasteiger partial charge in [-0.15, -0.1) is 6.42 Å². The monoisotopic (exact) mass is 380 g/mol. The summed E-state index contributed by atoms with van der Waals surface area (Å²) in [4.78, 5) is 12.4. The summed E-state index contributed by atoms with van der Waals surface area (Å²) in [5.74, 6) is 2.83. The molecule has 0 bridgehead atoms. The number of terminal acetylenes is 1. The molecule has 1 amide bonds. The van der Waals surface area contributed by atoms with Crippen molar-refractivity contribution < 1.29 is 14.3 Å². The summed E-state index contributed by atoms with van der Waals surface area (Å²) in [6.45, 7) is 2.38. The second-order valence-electron chi connectivity index (χ2n) is 5.27. The van der Waals surface area contributed by atoms with E-state index in [1.807, 2.05) is 13.0 Å². The van der Waals surface area contributed by atoms with Crippen LogP contribution in [-0.4, -0.2) is 19.1 Å². The molecule has 0 aliphatic heterocycles. The van der Waals surface area contributed by atoms with E-state index in [0.29, 0.717) is 34.4 Å². The Labute approximate surface area is 163 Å². The van der Waals surface area contributed by atoms with Crippen LogP contribution in [0.15, 0.2) is 48.0 Å². The molecule has 1 N–H and O–H groups in total. The summed E-state index contributed by atoms with van der Waals surface area (Å²) in [6.07, 6.45) is 6.67. The quantitative estimate of drug-likeness (QED) is 0.441. The fraction of sp³-hybridized carbons (Fsp3) is 0.143. The Morgan fingerprint density at radius 2 is 2.07 bits per heavy atom. The molecule has 2 aromatic carbocycles. The van der Waals surface area contributed by atoms with Crippen molar-refractivity contribution in [1.82, 2.24) is 0 Å². The number of nitriles is 1. The van der Waals surface area contributed by atoms with E-state index in [0.717, 1.165) is 0 Å². The van der Waals surface area contributed by atoms with Gasteiger partial charge in [0.1, 0.15) is 18.2 Å². The van der Waals surface area contributed by atoms with Crippen molar-refractivity contribution in [2.24, 2.45) is 0 Å². The van der Waals surface area contributed by atoms with Gasteiger partial charge < -0.3 is 14.8 Å². The highest BCUT2D eigenvalue weighted by Crippen LogP contribution is 2.29. The third-order valence-electron chi connectivity index (χ3n) is 3.34. The number of carbonyl (C=O) groups excluding carboxylic acids is 1. The van der Waals surface area contributed by atoms with Crippen molar-refractivity contribution in [2.45, 2.75) is 6.92 Å². The third-order valence-corrected chi connectivity index (χ3v) is 3.57. The molecule has 2 aromatic rings.